The first-order valence-electron chi connectivity index (χ1n) is 12.7. The Balaban J connectivity index is 1.54. The van der Waals surface area contributed by atoms with E-state index in [1.165, 1.54) is 75.4 Å². The van der Waals surface area contributed by atoms with Crippen LogP contribution in [0.15, 0.2) is 12.1 Å². The second-order valence-electron chi connectivity index (χ2n) is 9.88. The number of amides is 1. The minimum absolute atomic E-state index is 0.135. The van der Waals surface area contributed by atoms with Crippen molar-refractivity contribution in [3.63, 3.8) is 0 Å². The van der Waals surface area contributed by atoms with Crippen molar-refractivity contribution >= 4 is 22.8 Å². The number of carbonyl (C=O) groups excluding carboxylic acids is 1. The molecule has 1 amide bonds. The topological polar surface area (TPSA) is 56.6 Å². The van der Waals surface area contributed by atoms with Gasteiger partial charge in [0.15, 0.2) is 0 Å². The van der Waals surface area contributed by atoms with E-state index < -0.39 is 0 Å². The summed E-state index contributed by atoms with van der Waals surface area (Å²) in [5.41, 5.74) is 4.51. The summed E-state index contributed by atoms with van der Waals surface area (Å²) in [6.45, 7) is 3.00. The van der Waals surface area contributed by atoms with Crippen LogP contribution >= 0.6 is 0 Å². The quantitative estimate of drug-likeness (QED) is 0.591. The lowest BCUT2D eigenvalue weighted by Crippen LogP contribution is -2.42. The Morgan fingerprint density at radius 2 is 1.94 bits per heavy atom. The smallest absolute Gasteiger partial charge is 0.414 e. The first-order valence-corrected chi connectivity index (χ1v) is 12.7. The number of hydrogen-bond donors (Lipinski definition) is 0. The van der Waals surface area contributed by atoms with Crippen molar-refractivity contribution in [2.45, 2.75) is 102 Å². The summed E-state index contributed by atoms with van der Waals surface area (Å²) in [6, 6.07) is 4.99. The number of fused-ring (bicyclic) bond motifs is 3. The number of methoxy groups -OCH3 is 1. The van der Waals surface area contributed by atoms with Crippen LogP contribution in [0.1, 0.15) is 88.6 Å². The maximum atomic E-state index is 12.5. The summed E-state index contributed by atoms with van der Waals surface area (Å²) in [6.07, 6.45) is 14.0. The van der Waals surface area contributed by atoms with E-state index in [4.69, 9.17) is 14.5 Å². The fourth-order valence-electron chi connectivity index (χ4n) is 6.07. The maximum absolute atomic E-state index is 12.5. The summed E-state index contributed by atoms with van der Waals surface area (Å²) in [5, 5.41) is 0. The predicted octanol–water partition coefficient (Wildman–Crippen LogP) is 5.95. The van der Waals surface area contributed by atoms with E-state index in [2.05, 4.69) is 23.6 Å². The maximum Gasteiger partial charge on any atom is 0.414 e. The van der Waals surface area contributed by atoms with Gasteiger partial charge in [-0.25, -0.2) is 9.78 Å². The van der Waals surface area contributed by atoms with Gasteiger partial charge >= 0.3 is 6.09 Å². The van der Waals surface area contributed by atoms with Crippen LogP contribution in [-0.4, -0.2) is 41.5 Å². The summed E-state index contributed by atoms with van der Waals surface area (Å²) in [4.78, 5) is 19.6. The Morgan fingerprint density at radius 1 is 1.12 bits per heavy atom. The van der Waals surface area contributed by atoms with Gasteiger partial charge in [-0.15, -0.1) is 0 Å². The largest absolute Gasteiger partial charge is 0.452 e. The molecular formula is C26H37N3O3. The predicted molar refractivity (Wildman–Crippen MR) is 126 cm³/mol. The number of aromatic nitrogens is 2. The number of aryl methyl sites for hydroxylation is 2. The van der Waals surface area contributed by atoms with E-state index in [-0.39, 0.29) is 12.1 Å². The minimum atomic E-state index is -0.279. The SMILES string of the molecule is COC(=O)N1c2ccc3c(nc(CC[C@H]4CCCCO4)n3C3CCCCC3)c2CC[C@@H]1C. The first kappa shape index (κ1) is 21.7. The van der Waals surface area contributed by atoms with Gasteiger partial charge in [0.2, 0.25) is 0 Å². The standard InChI is InChI=1S/C26H37N3O3/c1-18-11-13-21-22(28(18)26(30)31-2)14-15-23-25(21)27-24(16-12-20-10-6-7-17-32-20)29(23)19-8-4-3-5-9-19/h14-15,18-20H,3-13,16-17H2,1-2H3/t18-,20+/m0/s1. The van der Waals surface area contributed by atoms with Gasteiger partial charge in [0.1, 0.15) is 5.82 Å². The number of hydrogen-bond acceptors (Lipinski definition) is 4. The second-order valence-corrected chi connectivity index (χ2v) is 9.88. The fourth-order valence-corrected chi connectivity index (χ4v) is 6.07. The zero-order chi connectivity index (χ0) is 22.1. The molecule has 1 aromatic carbocycles. The third-order valence-corrected chi connectivity index (χ3v) is 7.80. The van der Waals surface area contributed by atoms with Crippen LogP contribution in [0.2, 0.25) is 0 Å². The molecule has 0 bridgehead atoms. The molecule has 0 unspecified atom stereocenters. The Labute approximate surface area is 191 Å². The Bertz CT molecular complexity index is 957. The molecule has 0 N–H and O–H groups in total. The monoisotopic (exact) mass is 439 g/mol. The van der Waals surface area contributed by atoms with E-state index in [1.807, 2.05) is 4.90 Å². The molecule has 0 radical (unpaired) electrons. The summed E-state index contributed by atoms with van der Waals surface area (Å²) < 4.78 is 13.7. The second kappa shape index (κ2) is 9.42. The molecule has 32 heavy (non-hydrogen) atoms. The van der Waals surface area contributed by atoms with E-state index in [0.29, 0.717) is 12.1 Å². The van der Waals surface area contributed by atoms with Gasteiger partial charge in [0.25, 0.3) is 0 Å². The molecular weight excluding hydrogens is 402 g/mol. The normalized spacial score (nSPS) is 24.5. The van der Waals surface area contributed by atoms with E-state index in [9.17, 15) is 4.79 Å². The number of imidazole rings is 1. The zero-order valence-corrected chi connectivity index (χ0v) is 19.6. The van der Waals surface area contributed by atoms with Crippen LogP contribution in [0.5, 0.6) is 0 Å². The van der Waals surface area contributed by atoms with Crippen molar-refractivity contribution < 1.29 is 14.3 Å². The number of anilines is 1. The lowest BCUT2D eigenvalue weighted by molar-refractivity contribution is 0.0110. The average Bonchev–Trinajstić information content (AvgIpc) is 3.22. The molecule has 3 aliphatic rings. The van der Waals surface area contributed by atoms with Crippen molar-refractivity contribution in [3.05, 3.63) is 23.5 Å². The third kappa shape index (κ3) is 4.02. The van der Waals surface area contributed by atoms with Gasteiger partial charge in [-0.1, -0.05) is 19.3 Å². The van der Waals surface area contributed by atoms with Crippen LogP contribution in [0, 0.1) is 0 Å². The Morgan fingerprint density at radius 3 is 2.69 bits per heavy atom. The Hall–Kier alpha value is -2.08. The zero-order valence-electron chi connectivity index (χ0n) is 19.6. The van der Waals surface area contributed by atoms with Crippen LogP contribution in [0.25, 0.3) is 11.0 Å². The number of carbonyl (C=O) groups is 1. The molecule has 2 fully saturated rings. The number of benzene rings is 1. The highest BCUT2D eigenvalue weighted by Gasteiger charge is 2.32. The van der Waals surface area contributed by atoms with Crippen LogP contribution in [-0.2, 0) is 22.3 Å². The van der Waals surface area contributed by atoms with Crippen molar-refractivity contribution in [1.29, 1.82) is 0 Å². The minimum Gasteiger partial charge on any atom is -0.452 e. The van der Waals surface area contributed by atoms with E-state index >= 15 is 0 Å². The number of nitrogens with zero attached hydrogens (tertiary/aromatic N) is 3. The molecule has 2 aliphatic heterocycles. The molecule has 6 heteroatoms. The fraction of sp³-hybridized carbons (Fsp3) is 0.692. The van der Waals surface area contributed by atoms with E-state index in [1.54, 1.807) is 0 Å². The molecule has 3 heterocycles. The third-order valence-electron chi connectivity index (χ3n) is 7.80. The van der Waals surface area contributed by atoms with Gasteiger partial charge in [-0.2, -0.15) is 0 Å². The molecule has 6 nitrogen and oxygen atoms in total. The molecule has 1 saturated carbocycles. The van der Waals surface area contributed by atoms with Gasteiger partial charge in [-0.05, 0) is 70.4 Å². The molecule has 1 aromatic heterocycles. The van der Waals surface area contributed by atoms with Crippen molar-refractivity contribution in [2.24, 2.45) is 0 Å². The molecule has 5 rings (SSSR count). The lowest BCUT2D eigenvalue weighted by Gasteiger charge is -2.34. The number of rotatable bonds is 4. The van der Waals surface area contributed by atoms with Crippen LogP contribution in [0.4, 0.5) is 10.5 Å². The van der Waals surface area contributed by atoms with Gasteiger partial charge < -0.3 is 14.0 Å². The van der Waals surface area contributed by atoms with Crippen molar-refractivity contribution in [2.75, 3.05) is 18.6 Å². The summed E-state index contributed by atoms with van der Waals surface area (Å²) in [5.74, 6) is 1.21. The van der Waals surface area contributed by atoms with Crippen LogP contribution in [0.3, 0.4) is 0 Å². The van der Waals surface area contributed by atoms with Gasteiger partial charge in [0, 0.05) is 30.7 Å². The lowest BCUT2D eigenvalue weighted by atomic mass is 9.94. The van der Waals surface area contributed by atoms with Crippen molar-refractivity contribution in [3.8, 4) is 0 Å². The summed E-state index contributed by atoms with van der Waals surface area (Å²) >= 11 is 0. The molecule has 2 atom stereocenters. The first-order chi connectivity index (χ1) is 15.7. The summed E-state index contributed by atoms with van der Waals surface area (Å²) in [7, 11) is 1.46. The average molecular weight is 440 g/mol. The molecule has 0 spiro atoms. The number of ether oxygens (including phenoxy) is 2. The van der Waals surface area contributed by atoms with Crippen molar-refractivity contribution in [1.82, 2.24) is 9.55 Å². The molecule has 174 valence electrons. The van der Waals surface area contributed by atoms with Gasteiger partial charge in [0.05, 0.1) is 29.9 Å². The molecule has 1 saturated heterocycles. The highest BCUT2D eigenvalue weighted by molar-refractivity contribution is 5.95. The Kier molecular flexibility index (Phi) is 6.40. The molecule has 1 aliphatic carbocycles. The molecule has 2 aromatic rings. The highest BCUT2D eigenvalue weighted by Crippen LogP contribution is 2.39. The van der Waals surface area contributed by atoms with Crippen LogP contribution < -0.4 is 4.90 Å². The highest BCUT2D eigenvalue weighted by atomic mass is 16.5. The van der Waals surface area contributed by atoms with Gasteiger partial charge in [-0.3, -0.25) is 4.90 Å². The van der Waals surface area contributed by atoms with E-state index in [0.717, 1.165) is 43.5 Å².